The molecule has 2 N–H and O–H groups in total. The van der Waals surface area contributed by atoms with Crippen LogP contribution in [0.1, 0.15) is 18.5 Å². The highest BCUT2D eigenvalue weighted by Crippen LogP contribution is 2.23. The Balaban J connectivity index is 2.13. The standard InChI is InChI=1S/C15H14F3NO/c1-9(15(19)10-2-4-11(16)5-3-10)20-14-8-12(17)6-7-13(14)18/h2-9,15H,19H2,1H3. The Labute approximate surface area is 115 Å². The van der Waals surface area contributed by atoms with Gasteiger partial charge in [0.1, 0.15) is 17.7 Å². The second kappa shape index (κ2) is 5.96. The van der Waals surface area contributed by atoms with Crippen LogP contribution in [-0.4, -0.2) is 6.10 Å². The summed E-state index contributed by atoms with van der Waals surface area (Å²) in [4.78, 5) is 0. The van der Waals surface area contributed by atoms with Crippen molar-refractivity contribution < 1.29 is 17.9 Å². The molecule has 0 fully saturated rings. The molecule has 2 atom stereocenters. The highest BCUT2D eigenvalue weighted by atomic mass is 19.1. The number of nitrogens with two attached hydrogens (primary N) is 1. The minimum absolute atomic E-state index is 0.199. The highest BCUT2D eigenvalue weighted by molar-refractivity contribution is 5.26. The predicted molar refractivity (Wildman–Crippen MR) is 69.8 cm³/mol. The lowest BCUT2D eigenvalue weighted by Gasteiger charge is -2.22. The van der Waals surface area contributed by atoms with Gasteiger partial charge in [0.2, 0.25) is 0 Å². The van der Waals surface area contributed by atoms with Gasteiger partial charge >= 0.3 is 0 Å². The molecule has 0 aromatic heterocycles. The first kappa shape index (κ1) is 14.4. The highest BCUT2D eigenvalue weighted by Gasteiger charge is 2.18. The van der Waals surface area contributed by atoms with Gasteiger partial charge in [-0.2, -0.15) is 0 Å². The molecule has 2 rings (SSSR count). The number of benzene rings is 2. The summed E-state index contributed by atoms with van der Waals surface area (Å²) in [6.07, 6.45) is -0.600. The summed E-state index contributed by atoms with van der Waals surface area (Å²) in [7, 11) is 0. The van der Waals surface area contributed by atoms with Crippen molar-refractivity contribution in [3.8, 4) is 5.75 Å². The van der Waals surface area contributed by atoms with Crippen molar-refractivity contribution >= 4 is 0 Å². The van der Waals surface area contributed by atoms with Gasteiger partial charge in [0, 0.05) is 6.07 Å². The zero-order valence-electron chi connectivity index (χ0n) is 10.8. The second-order valence-corrected chi connectivity index (χ2v) is 4.48. The monoisotopic (exact) mass is 281 g/mol. The maximum absolute atomic E-state index is 13.5. The van der Waals surface area contributed by atoms with E-state index in [4.69, 9.17) is 10.5 Å². The number of rotatable bonds is 4. The van der Waals surface area contributed by atoms with Gasteiger partial charge in [-0.15, -0.1) is 0 Å². The second-order valence-electron chi connectivity index (χ2n) is 4.48. The molecule has 0 aliphatic carbocycles. The van der Waals surface area contributed by atoms with Crippen LogP contribution in [0.5, 0.6) is 5.75 Å². The van der Waals surface area contributed by atoms with Crippen molar-refractivity contribution in [2.75, 3.05) is 0 Å². The molecule has 2 aromatic rings. The van der Waals surface area contributed by atoms with E-state index < -0.39 is 23.8 Å². The third-order valence-electron chi connectivity index (χ3n) is 2.97. The van der Waals surface area contributed by atoms with Crippen LogP contribution in [0.4, 0.5) is 13.2 Å². The first-order valence-corrected chi connectivity index (χ1v) is 6.10. The lowest BCUT2D eigenvalue weighted by atomic mass is 10.0. The van der Waals surface area contributed by atoms with Crippen LogP contribution in [-0.2, 0) is 0 Å². The van der Waals surface area contributed by atoms with Crippen molar-refractivity contribution in [2.24, 2.45) is 5.73 Å². The van der Waals surface area contributed by atoms with Gasteiger partial charge in [-0.3, -0.25) is 0 Å². The smallest absolute Gasteiger partial charge is 0.165 e. The molecule has 0 saturated carbocycles. The molecular formula is C15H14F3NO. The Bertz CT molecular complexity index is 586. The van der Waals surface area contributed by atoms with Crippen LogP contribution in [0.25, 0.3) is 0 Å². The van der Waals surface area contributed by atoms with Crippen LogP contribution in [0.3, 0.4) is 0 Å². The van der Waals surface area contributed by atoms with Gasteiger partial charge in [0.25, 0.3) is 0 Å². The molecule has 0 saturated heterocycles. The van der Waals surface area contributed by atoms with E-state index in [1.54, 1.807) is 6.92 Å². The molecule has 20 heavy (non-hydrogen) atoms. The molecule has 106 valence electrons. The van der Waals surface area contributed by atoms with Gasteiger partial charge in [0.15, 0.2) is 11.6 Å². The number of hydrogen-bond acceptors (Lipinski definition) is 2. The summed E-state index contributed by atoms with van der Waals surface area (Å²) in [5, 5.41) is 0. The summed E-state index contributed by atoms with van der Waals surface area (Å²) >= 11 is 0. The minimum Gasteiger partial charge on any atom is -0.486 e. The SMILES string of the molecule is CC(Oc1cc(F)ccc1F)C(N)c1ccc(F)cc1. The van der Waals surface area contributed by atoms with Crippen molar-refractivity contribution in [1.82, 2.24) is 0 Å². The van der Waals surface area contributed by atoms with Crippen LogP contribution >= 0.6 is 0 Å². The lowest BCUT2D eigenvalue weighted by Crippen LogP contribution is -2.29. The summed E-state index contributed by atoms with van der Waals surface area (Å²) in [6, 6.07) is 7.99. The van der Waals surface area contributed by atoms with E-state index in [9.17, 15) is 13.2 Å². The van der Waals surface area contributed by atoms with Gasteiger partial charge < -0.3 is 10.5 Å². The van der Waals surface area contributed by atoms with Crippen LogP contribution in [0.2, 0.25) is 0 Å². The quantitative estimate of drug-likeness (QED) is 0.929. The summed E-state index contributed by atoms with van der Waals surface area (Å²) in [5.41, 5.74) is 6.61. The van der Waals surface area contributed by atoms with Gasteiger partial charge in [-0.25, -0.2) is 13.2 Å². The third kappa shape index (κ3) is 3.30. The fraction of sp³-hybridized carbons (Fsp3) is 0.200. The largest absolute Gasteiger partial charge is 0.486 e. The normalized spacial score (nSPS) is 13.8. The molecule has 5 heteroatoms. The zero-order chi connectivity index (χ0) is 14.7. The molecule has 2 nitrogen and oxygen atoms in total. The average Bonchev–Trinajstić information content (AvgIpc) is 2.43. The molecule has 0 heterocycles. The summed E-state index contributed by atoms with van der Waals surface area (Å²) in [5.74, 6) is -1.82. The van der Waals surface area contributed by atoms with Gasteiger partial charge in [-0.1, -0.05) is 12.1 Å². The number of ether oxygens (including phenoxy) is 1. The molecule has 2 aromatic carbocycles. The van der Waals surface area contributed by atoms with Gasteiger partial charge in [-0.05, 0) is 36.8 Å². The van der Waals surface area contributed by atoms with E-state index in [1.165, 1.54) is 24.3 Å². The van der Waals surface area contributed by atoms with Gasteiger partial charge in [0.05, 0.1) is 6.04 Å². The van der Waals surface area contributed by atoms with E-state index >= 15 is 0 Å². The van der Waals surface area contributed by atoms with Crippen LogP contribution in [0, 0.1) is 17.5 Å². The van der Waals surface area contributed by atoms with E-state index in [1.807, 2.05) is 0 Å². The Hall–Kier alpha value is -2.01. The average molecular weight is 281 g/mol. The molecule has 0 amide bonds. The molecule has 0 spiro atoms. The topological polar surface area (TPSA) is 35.2 Å². The van der Waals surface area contributed by atoms with Crippen molar-refractivity contribution in [3.05, 3.63) is 65.5 Å². The lowest BCUT2D eigenvalue weighted by molar-refractivity contribution is 0.181. The molecular weight excluding hydrogens is 267 g/mol. The van der Waals surface area contributed by atoms with E-state index in [0.717, 1.165) is 18.2 Å². The van der Waals surface area contributed by atoms with E-state index in [-0.39, 0.29) is 11.6 Å². The van der Waals surface area contributed by atoms with Crippen molar-refractivity contribution in [2.45, 2.75) is 19.1 Å². The number of halogens is 3. The Morgan fingerprint density at radius 3 is 2.20 bits per heavy atom. The van der Waals surface area contributed by atoms with Crippen molar-refractivity contribution in [1.29, 1.82) is 0 Å². The van der Waals surface area contributed by atoms with Crippen LogP contribution in [0.15, 0.2) is 42.5 Å². The molecule has 2 unspecified atom stereocenters. The third-order valence-corrected chi connectivity index (χ3v) is 2.97. The maximum Gasteiger partial charge on any atom is 0.165 e. The van der Waals surface area contributed by atoms with E-state index in [2.05, 4.69) is 0 Å². The summed E-state index contributed by atoms with van der Waals surface area (Å²) < 4.78 is 44.7. The predicted octanol–water partition coefficient (Wildman–Crippen LogP) is 3.57. The summed E-state index contributed by atoms with van der Waals surface area (Å²) in [6.45, 7) is 1.64. The molecule has 0 bridgehead atoms. The maximum atomic E-state index is 13.5. The van der Waals surface area contributed by atoms with Crippen molar-refractivity contribution in [3.63, 3.8) is 0 Å². The molecule has 0 radical (unpaired) electrons. The fourth-order valence-electron chi connectivity index (χ4n) is 1.80. The first-order chi connectivity index (χ1) is 9.47. The first-order valence-electron chi connectivity index (χ1n) is 6.10. The molecule has 0 aliphatic heterocycles. The van der Waals surface area contributed by atoms with Crippen LogP contribution < -0.4 is 10.5 Å². The molecule has 0 aliphatic rings. The van der Waals surface area contributed by atoms with E-state index in [0.29, 0.717) is 5.56 Å². The Morgan fingerprint density at radius 2 is 1.55 bits per heavy atom. The Morgan fingerprint density at radius 1 is 0.950 bits per heavy atom. The fourth-order valence-corrected chi connectivity index (χ4v) is 1.80. The number of hydrogen-bond donors (Lipinski definition) is 1. The zero-order valence-corrected chi connectivity index (χ0v) is 10.8. The minimum atomic E-state index is -0.662. The Kier molecular flexibility index (Phi) is 4.29.